The second-order valence-corrected chi connectivity index (χ2v) is 6.46. The minimum atomic E-state index is -1.69. The minimum Gasteiger partial charge on any atom is -0.293 e. The molecule has 1 atom stereocenters. The van der Waals surface area contributed by atoms with E-state index in [1.165, 1.54) is 0 Å². The van der Waals surface area contributed by atoms with Gasteiger partial charge in [0.25, 0.3) is 0 Å². The van der Waals surface area contributed by atoms with Crippen molar-refractivity contribution in [2.24, 2.45) is 10.8 Å². The largest absolute Gasteiger partial charge is 0.293 e. The summed E-state index contributed by atoms with van der Waals surface area (Å²) in [6, 6.07) is 17.0. The van der Waals surface area contributed by atoms with Gasteiger partial charge in [-0.15, -0.1) is 0 Å². The van der Waals surface area contributed by atoms with Gasteiger partial charge in [-0.25, -0.2) is 0 Å². The Labute approximate surface area is 142 Å². The summed E-state index contributed by atoms with van der Waals surface area (Å²) in [6.45, 7) is 0. The fraction of sp³-hybridized carbons (Fsp3) is 0.158. The number of carbonyl (C=O) groups excluding carboxylic acids is 2. The maximum atomic E-state index is 13.0. The zero-order valence-corrected chi connectivity index (χ0v) is 13.0. The van der Waals surface area contributed by atoms with E-state index < -0.39 is 28.3 Å². The van der Waals surface area contributed by atoms with E-state index in [2.05, 4.69) is 0 Å². The molecule has 0 heterocycles. The third kappa shape index (κ3) is 1.38. The predicted octanol–water partition coefficient (Wildman–Crippen LogP) is 3.54. The fourth-order valence-electron chi connectivity index (χ4n) is 3.99. The standard InChI is InChI=1S/C19H9ClN2O2/c20-12-7-5-11(6-8-12)15-18(9-21,10-22)19(15)16(23)13-3-1-2-4-14(13)17(19)24/h1-8,15H. The predicted molar refractivity (Wildman–Crippen MR) is 85.4 cm³/mol. The summed E-state index contributed by atoms with van der Waals surface area (Å²) in [5, 5.41) is 19.9. The fourth-order valence-corrected chi connectivity index (χ4v) is 4.11. The van der Waals surface area contributed by atoms with Gasteiger partial charge in [-0.2, -0.15) is 10.5 Å². The van der Waals surface area contributed by atoms with Gasteiger partial charge in [0.2, 0.25) is 0 Å². The van der Waals surface area contributed by atoms with Crippen LogP contribution in [0.5, 0.6) is 0 Å². The van der Waals surface area contributed by atoms with Crippen molar-refractivity contribution in [1.29, 1.82) is 10.5 Å². The van der Waals surface area contributed by atoms with Crippen LogP contribution in [-0.4, -0.2) is 11.6 Å². The van der Waals surface area contributed by atoms with Gasteiger partial charge < -0.3 is 0 Å². The van der Waals surface area contributed by atoms with Crippen LogP contribution in [0.3, 0.4) is 0 Å². The molecule has 0 radical (unpaired) electrons. The maximum absolute atomic E-state index is 13.0. The summed E-state index contributed by atoms with van der Waals surface area (Å²) in [6.07, 6.45) is 0. The normalized spacial score (nSPS) is 21.9. The topological polar surface area (TPSA) is 81.7 Å². The average molecular weight is 333 g/mol. The first kappa shape index (κ1) is 14.6. The molecule has 0 amide bonds. The van der Waals surface area contributed by atoms with Crippen molar-refractivity contribution in [3.8, 4) is 12.1 Å². The number of hydrogen-bond acceptors (Lipinski definition) is 4. The molecule has 5 heteroatoms. The molecule has 1 fully saturated rings. The Kier molecular flexibility index (Phi) is 2.77. The number of fused-ring (bicyclic) bond motifs is 1. The van der Waals surface area contributed by atoms with Crippen LogP contribution in [0.4, 0.5) is 0 Å². The van der Waals surface area contributed by atoms with Crippen LogP contribution < -0.4 is 0 Å². The number of hydrogen-bond donors (Lipinski definition) is 0. The Morgan fingerprint density at radius 3 is 1.83 bits per heavy atom. The monoisotopic (exact) mass is 332 g/mol. The molecule has 2 aliphatic rings. The summed E-state index contributed by atoms with van der Waals surface area (Å²) in [5.74, 6) is -1.66. The molecule has 24 heavy (non-hydrogen) atoms. The molecule has 2 aromatic carbocycles. The highest BCUT2D eigenvalue weighted by molar-refractivity contribution is 6.34. The SMILES string of the molecule is N#CC1(C#N)C(c2ccc(Cl)cc2)C12C(=O)c1ccccc1C2=O. The van der Waals surface area contributed by atoms with Crippen molar-refractivity contribution in [3.05, 3.63) is 70.2 Å². The van der Waals surface area contributed by atoms with Crippen LogP contribution in [0.1, 0.15) is 32.2 Å². The molecular weight excluding hydrogens is 324 g/mol. The second-order valence-electron chi connectivity index (χ2n) is 6.03. The van der Waals surface area contributed by atoms with E-state index in [9.17, 15) is 20.1 Å². The van der Waals surface area contributed by atoms with Crippen LogP contribution in [0.2, 0.25) is 5.02 Å². The van der Waals surface area contributed by atoms with Gasteiger partial charge in [-0.1, -0.05) is 48.0 Å². The van der Waals surface area contributed by atoms with Gasteiger partial charge in [0, 0.05) is 22.1 Å². The van der Waals surface area contributed by atoms with Gasteiger partial charge in [0.15, 0.2) is 17.0 Å². The molecule has 1 saturated carbocycles. The Hall–Kier alpha value is -2.95. The molecule has 2 aromatic rings. The van der Waals surface area contributed by atoms with Crippen LogP contribution in [0.15, 0.2) is 48.5 Å². The van der Waals surface area contributed by atoms with Gasteiger partial charge >= 0.3 is 0 Å². The van der Waals surface area contributed by atoms with Crippen molar-refractivity contribution in [1.82, 2.24) is 0 Å². The molecule has 0 aliphatic heterocycles. The molecule has 1 unspecified atom stereocenters. The van der Waals surface area contributed by atoms with Crippen molar-refractivity contribution < 1.29 is 9.59 Å². The summed E-state index contributed by atoms with van der Waals surface area (Å²) >= 11 is 5.89. The first-order valence-electron chi connectivity index (χ1n) is 7.31. The van der Waals surface area contributed by atoms with E-state index in [0.29, 0.717) is 10.6 Å². The van der Waals surface area contributed by atoms with E-state index in [4.69, 9.17) is 11.6 Å². The molecule has 4 rings (SSSR count). The lowest BCUT2D eigenvalue weighted by Gasteiger charge is -2.06. The molecule has 2 aliphatic carbocycles. The highest BCUT2D eigenvalue weighted by Gasteiger charge is 2.88. The number of carbonyl (C=O) groups is 2. The number of benzene rings is 2. The number of halogens is 1. The lowest BCUT2D eigenvalue weighted by atomic mass is 9.89. The Morgan fingerprint density at radius 1 is 0.875 bits per heavy atom. The van der Waals surface area contributed by atoms with Gasteiger partial charge in [-0.3, -0.25) is 9.59 Å². The number of nitriles is 2. The van der Waals surface area contributed by atoms with E-state index in [1.807, 2.05) is 12.1 Å². The minimum absolute atomic E-state index is 0.286. The van der Waals surface area contributed by atoms with Crippen molar-refractivity contribution in [3.63, 3.8) is 0 Å². The summed E-state index contributed by atoms with van der Waals surface area (Å²) in [4.78, 5) is 26.1. The van der Waals surface area contributed by atoms with Crippen LogP contribution in [-0.2, 0) is 0 Å². The molecule has 0 bridgehead atoms. The van der Waals surface area contributed by atoms with Gasteiger partial charge in [0.1, 0.15) is 5.41 Å². The van der Waals surface area contributed by atoms with Crippen LogP contribution >= 0.6 is 11.6 Å². The summed E-state index contributed by atoms with van der Waals surface area (Å²) in [5.41, 5.74) is -2.16. The second kappa shape index (κ2) is 4.54. The zero-order chi connectivity index (χ0) is 17.1. The molecule has 1 spiro atoms. The van der Waals surface area contributed by atoms with Crippen molar-refractivity contribution in [2.75, 3.05) is 0 Å². The summed E-state index contributed by atoms with van der Waals surface area (Å²) in [7, 11) is 0. The summed E-state index contributed by atoms with van der Waals surface area (Å²) < 4.78 is 0. The first-order chi connectivity index (χ1) is 11.5. The molecular formula is C19H9ClN2O2. The zero-order valence-electron chi connectivity index (χ0n) is 12.3. The average Bonchev–Trinajstić information content (AvgIpc) is 3.18. The quantitative estimate of drug-likeness (QED) is 0.748. The van der Waals surface area contributed by atoms with E-state index >= 15 is 0 Å². The van der Waals surface area contributed by atoms with Crippen LogP contribution in [0, 0.1) is 33.5 Å². The number of ketones is 2. The maximum Gasteiger partial charge on any atom is 0.180 e. The van der Waals surface area contributed by atoms with E-state index in [-0.39, 0.29) is 11.1 Å². The van der Waals surface area contributed by atoms with E-state index in [0.717, 1.165) is 0 Å². The van der Waals surface area contributed by atoms with Gasteiger partial charge in [0.05, 0.1) is 12.1 Å². The third-order valence-electron chi connectivity index (χ3n) is 5.09. The van der Waals surface area contributed by atoms with E-state index in [1.54, 1.807) is 48.5 Å². The molecule has 114 valence electrons. The first-order valence-corrected chi connectivity index (χ1v) is 7.69. The highest BCUT2D eigenvalue weighted by Crippen LogP contribution is 2.77. The highest BCUT2D eigenvalue weighted by atomic mass is 35.5. The number of nitrogens with zero attached hydrogens (tertiary/aromatic N) is 2. The third-order valence-corrected chi connectivity index (χ3v) is 5.35. The smallest absolute Gasteiger partial charge is 0.180 e. The molecule has 0 N–H and O–H groups in total. The Morgan fingerprint density at radius 2 is 1.38 bits per heavy atom. The molecule has 0 aromatic heterocycles. The van der Waals surface area contributed by atoms with Gasteiger partial charge in [-0.05, 0) is 17.7 Å². The number of Topliss-reactive ketones (excluding diaryl/α,β-unsaturated/α-hetero) is 2. The lowest BCUT2D eigenvalue weighted by Crippen LogP contribution is -2.24. The Bertz CT molecular complexity index is 946. The van der Waals surface area contributed by atoms with Crippen molar-refractivity contribution in [2.45, 2.75) is 5.92 Å². The molecule has 4 nitrogen and oxygen atoms in total. The Balaban J connectivity index is 1.96. The van der Waals surface area contributed by atoms with Crippen LogP contribution in [0.25, 0.3) is 0 Å². The number of rotatable bonds is 1. The van der Waals surface area contributed by atoms with Crippen molar-refractivity contribution >= 4 is 23.2 Å². The molecule has 0 saturated heterocycles. The lowest BCUT2D eigenvalue weighted by molar-refractivity contribution is 0.0792.